The van der Waals surface area contributed by atoms with Crippen LogP contribution < -0.4 is 4.90 Å². The zero-order chi connectivity index (χ0) is 21.5. The van der Waals surface area contributed by atoms with Gasteiger partial charge in [0, 0.05) is 5.56 Å². The number of aliphatic hydroxyl groups excluding tert-OH is 1. The molecule has 0 aliphatic carbocycles. The second kappa shape index (κ2) is 7.50. The van der Waals surface area contributed by atoms with Crippen LogP contribution >= 0.6 is 11.3 Å². The Labute approximate surface area is 178 Å². The first kappa shape index (κ1) is 20.0. The fourth-order valence-corrected chi connectivity index (χ4v) is 4.12. The summed E-state index contributed by atoms with van der Waals surface area (Å²) in [5.41, 5.74) is 3.83. The Hall–Kier alpha value is -3.32. The Morgan fingerprint density at radius 2 is 1.70 bits per heavy atom. The van der Waals surface area contributed by atoms with Crippen LogP contribution in [0, 0.1) is 0 Å². The average Bonchev–Trinajstić information content (AvgIpc) is 3.35. The normalized spacial score (nSPS) is 18.8. The van der Waals surface area contributed by atoms with E-state index < -0.39 is 17.7 Å². The first-order valence-electron chi connectivity index (χ1n) is 9.52. The van der Waals surface area contributed by atoms with Gasteiger partial charge in [-0.15, -0.1) is 10.2 Å². The van der Waals surface area contributed by atoms with E-state index in [-0.39, 0.29) is 16.7 Å². The Morgan fingerprint density at radius 3 is 2.27 bits per heavy atom. The fraction of sp³-hybridized carbons (Fsp3) is 0.217. The summed E-state index contributed by atoms with van der Waals surface area (Å²) in [6, 6.07) is 15.7. The highest BCUT2D eigenvalue weighted by Crippen LogP contribution is 2.42. The van der Waals surface area contributed by atoms with Crippen molar-refractivity contribution in [2.24, 2.45) is 0 Å². The second-order valence-electron chi connectivity index (χ2n) is 8.13. The lowest BCUT2D eigenvalue weighted by atomic mass is 9.85. The minimum absolute atomic E-state index is 0.0381. The van der Waals surface area contributed by atoms with Crippen molar-refractivity contribution < 1.29 is 14.7 Å². The average molecular weight is 420 g/mol. The number of nitrogens with zero attached hydrogens (tertiary/aromatic N) is 3. The summed E-state index contributed by atoms with van der Waals surface area (Å²) in [5, 5.41) is 19.1. The van der Waals surface area contributed by atoms with Gasteiger partial charge in [-0.3, -0.25) is 14.5 Å². The van der Waals surface area contributed by atoms with Gasteiger partial charge in [0.05, 0.1) is 11.6 Å². The van der Waals surface area contributed by atoms with Crippen molar-refractivity contribution in [2.45, 2.75) is 32.2 Å². The molecule has 1 amide bonds. The quantitative estimate of drug-likeness (QED) is 0.385. The number of hydrogen-bond acceptors (Lipinski definition) is 6. The number of amides is 1. The molecule has 4 rings (SSSR count). The minimum atomic E-state index is -0.785. The van der Waals surface area contributed by atoms with Crippen LogP contribution in [0.5, 0.6) is 0 Å². The molecule has 1 atom stereocenters. The molecule has 1 aliphatic heterocycles. The van der Waals surface area contributed by atoms with Gasteiger partial charge in [-0.25, -0.2) is 0 Å². The minimum Gasteiger partial charge on any atom is -0.507 e. The molecule has 0 spiro atoms. The van der Waals surface area contributed by atoms with Crippen molar-refractivity contribution in [1.29, 1.82) is 0 Å². The van der Waals surface area contributed by atoms with Crippen molar-refractivity contribution in [2.75, 3.05) is 4.90 Å². The maximum Gasteiger partial charge on any atom is 0.301 e. The monoisotopic (exact) mass is 419 g/mol. The molecule has 0 radical (unpaired) electrons. The Kier molecular flexibility index (Phi) is 4.99. The molecule has 0 saturated carbocycles. The molecule has 3 aromatic rings. The molecule has 1 aromatic heterocycles. The van der Waals surface area contributed by atoms with E-state index in [1.165, 1.54) is 21.7 Å². The molecule has 1 aliphatic rings. The van der Waals surface area contributed by atoms with Crippen molar-refractivity contribution in [1.82, 2.24) is 10.2 Å². The highest BCUT2D eigenvalue weighted by Gasteiger charge is 2.48. The second-order valence-corrected chi connectivity index (χ2v) is 8.94. The number of Topliss-reactive ketones (excluding diaryl/α,β-unsaturated/α-hetero) is 1. The summed E-state index contributed by atoms with van der Waals surface area (Å²) < 4.78 is 0. The van der Waals surface area contributed by atoms with Gasteiger partial charge < -0.3 is 5.11 Å². The lowest BCUT2D eigenvalue weighted by Crippen LogP contribution is -2.29. The predicted molar refractivity (Wildman–Crippen MR) is 116 cm³/mol. The number of carbonyl (C=O) groups is 2. The number of aromatic nitrogens is 2. The topological polar surface area (TPSA) is 83.4 Å². The van der Waals surface area contributed by atoms with E-state index in [9.17, 15) is 14.7 Å². The van der Waals surface area contributed by atoms with Crippen LogP contribution in [0.3, 0.4) is 0 Å². The molecule has 30 heavy (non-hydrogen) atoms. The van der Waals surface area contributed by atoms with Crippen LogP contribution in [-0.4, -0.2) is 27.0 Å². The lowest BCUT2D eigenvalue weighted by Gasteiger charge is -2.24. The number of ketones is 1. The largest absolute Gasteiger partial charge is 0.507 e. The third-order valence-corrected chi connectivity index (χ3v) is 5.83. The smallest absolute Gasteiger partial charge is 0.301 e. The third-order valence-electron chi connectivity index (χ3n) is 5.14. The van der Waals surface area contributed by atoms with Gasteiger partial charge in [0.1, 0.15) is 11.3 Å². The Balaban J connectivity index is 1.90. The van der Waals surface area contributed by atoms with E-state index in [1.54, 1.807) is 24.3 Å². The van der Waals surface area contributed by atoms with E-state index >= 15 is 0 Å². The van der Waals surface area contributed by atoms with Gasteiger partial charge in [0.15, 0.2) is 0 Å². The molecule has 7 heteroatoms. The van der Waals surface area contributed by atoms with Crippen LogP contribution in [0.1, 0.15) is 43.5 Å². The van der Waals surface area contributed by atoms with Crippen LogP contribution in [0.4, 0.5) is 5.13 Å². The molecule has 0 unspecified atom stereocenters. The summed E-state index contributed by atoms with van der Waals surface area (Å²) in [4.78, 5) is 27.2. The van der Waals surface area contributed by atoms with E-state index in [0.29, 0.717) is 10.7 Å². The Bertz CT molecular complexity index is 1110. The number of carbonyl (C=O) groups excluding carboxylic acids is 2. The number of rotatable bonds is 3. The predicted octanol–water partition coefficient (Wildman–Crippen LogP) is 4.46. The van der Waals surface area contributed by atoms with Crippen LogP contribution in [-0.2, 0) is 15.0 Å². The summed E-state index contributed by atoms with van der Waals surface area (Å²) in [7, 11) is 0. The summed E-state index contributed by atoms with van der Waals surface area (Å²) >= 11 is 1.17. The van der Waals surface area contributed by atoms with Crippen molar-refractivity contribution >= 4 is 33.9 Å². The molecule has 1 N–H and O–H groups in total. The zero-order valence-corrected chi connectivity index (χ0v) is 17.7. The van der Waals surface area contributed by atoms with Crippen molar-refractivity contribution in [3.63, 3.8) is 0 Å². The van der Waals surface area contributed by atoms with Gasteiger partial charge in [0.25, 0.3) is 5.78 Å². The molecule has 152 valence electrons. The van der Waals surface area contributed by atoms with Crippen LogP contribution in [0.15, 0.2) is 65.7 Å². The molecule has 0 bridgehead atoms. The highest BCUT2D eigenvalue weighted by atomic mass is 32.1. The van der Waals surface area contributed by atoms with Crippen LogP contribution in [0.2, 0.25) is 0 Å². The van der Waals surface area contributed by atoms with E-state index in [0.717, 1.165) is 11.1 Å². The first-order valence-corrected chi connectivity index (χ1v) is 10.4. The van der Waals surface area contributed by atoms with Gasteiger partial charge in [0.2, 0.25) is 5.13 Å². The first-order chi connectivity index (χ1) is 14.3. The maximum atomic E-state index is 13.0. The lowest BCUT2D eigenvalue weighted by molar-refractivity contribution is -0.132. The van der Waals surface area contributed by atoms with Gasteiger partial charge >= 0.3 is 5.91 Å². The van der Waals surface area contributed by atoms with Gasteiger partial charge in [-0.1, -0.05) is 86.7 Å². The summed E-state index contributed by atoms with van der Waals surface area (Å²) in [6.45, 7) is 6.35. The maximum absolute atomic E-state index is 13.0. The van der Waals surface area contributed by atoms with Crippen molar-refractivity contribution in [3.8, 4) is 0 Å². The molecule has 1 saturated heterocycles. The number of hydrogen-bond donors (Lipinski definition) is 1. The summed E-state index contributed by atoms with van der Waals surface area (Å²) in [5.74, 6) is -1.67. The zero-order valence-electron chi connectivity index (χ0n) is 16.9. The third kappa shape index (κ3) is 3.41. The van der Waals surface area contributed by atoms with E-state index in [2.05, 4.69) is 31.0 Å². The highest BCUT2D eigenvalue weighted by molar-refractivity contribution is 7.13. The van der Waals surface area contributed by atoms with E-state index in [1.807, 2.05) is 30.3 Å². The SMILES string of the molecule is CC(C)(C)c1ccc([C@H]2C(=C(O)c3ccccc3)C(=O)C(=O)N2c2nncs2)cc1. The Morgan fingerprint density at radius 1 is 1.03 bits per heavy atom. The fourth-order valence-electron chi connectivity index (χ4n) is 3.53. The molecule has 2 aromatic carbocycles. The summed E-state index contributed by atoms with van der Waals surface area (Å²) in [6.07, 6.45) is 0. The standard InChI is InChI=1S/C23H21N3O3S/c1-23(2,3)16-11-9-14(10-12-16)18-17(19(27)15-7-5-4-6-8-15)20(28)21(29)26(18)22-25-24-13-30-22/h4-13,18,27H,1-3H3/t18-/m0/s1. The molecule has 1 fully saturated rings. The van der Waals surface area contributed by atoms with Crippen molar-refractivity contribution in [3.05, 3.63) is 82.4 Å². The molecule has 2 heterocycles. The molecular formula is C23H21N3O3S. The number of anilines is 1. The number of aliphatic hydroxyl groups is 1. The van der Waals surface area contributed by atoms with Crippen LogP contribution in [0.25, 0.3) is 5.76 Å². The van der Waals surface area contributed by atoms with Gasteiger partial charge in [-0.2, -0.15) is 0 Å². The van der Waals surface area contributed by atoms with Gasteiger partial charge in [-0.05, 0) is 16.5 Å². The van der Waals surface area contributed by atoms with E-state index in [4.69, 9.17) is 0 Å². The molecule has 6 nitrogen and oxygen atoms in total. The molecular weight excluding hydrogens is 398 g/mol. The number of benzene rings is 2.